The van der Waals surface area contributed by atoms with Gasteiger partial charge in [0, 0.05) is 0 Å². The van der Waals surface area contributed by atoms with Crippen molar-refractivity contribution in [3.63, 3.8) is 0 Å². The smallest absolute Gasteiger partial charge is 0.289 e. The monoisotopic (exact) mass is 255 g/mol. The Morgan fingerprint density at radius 3 is 2.50 bits per heavy atom. The second-order valence-corrected chi connectivity index (χ2v) is 3.40. The molecular formula is C10H13ClF3NO. The summed E-state index contributed by atoms with van der Waals surface area (Å²) in [6, 6.07) is 1.81. The van der Waals surface area contributed by atoms with Crippen LogP contribution in [0, 0.1) is 12.7 Å². The molecule has 1 rings (SSSR count). The summed E-state index contributed by atoms with van der Waals surface area (Å²) in [4.78, 5) is 0. The number of halogens is 4. The van der Waals surface area contributed by atoms with Crippen molar-refractivity contribution in [2.45, 2.75) is 18.9 Å². The standard InChI is InChI=1S/C10H12F3NO.ClH/c1-6-2-3-7(11)4-8(6)9(14)10(12,13)5-15;/h2-4,9,15H,5,14H2,1H3;1H/t9-;/m0./s1. The summed E-state index contributed by atoms with van der Waals surface area (Å²) in [5.41, 5.74) is 5.75. The van der Waals surface area contributed by atoms with Crippen LogP contribution >= 0.6 is 12.4 Å². The molecule has 6 heteroatoms. The molecule has 2 nitrogen and oxygen atoms in total. The topological polar surface area (TPSA) is 46.2 Å². The molecule has 0 unspecified atom stereocenters. The molecule has 16 heavy (non-hydrogen) atoms. The minimum absolute atomic E-state index is 0. The van der Waals surface area contributed by atoms with Crippen molar-refractivity contribution in [2.24, 2.45) is 5.73 Å². The Morgan fingerprint density at radius 2 is 2.00 bits per heavy atom. The Labute approximate surface area is 97.7 Å². The predicted octanol–water partition coefficient (Wildman–Crippen LogP) is 2.18. The van der Waals surface area contributed by atoms with E-state index in [-0.39, 0.29) is 18.0 Å². The minimum atomic E-state index is -3.45. The van der Waals surface area contributed by atoms with Crippen molar-refractivity contribution in [3.8, 4) is 0 Å². The van der Waals surface area contributed by atoms with Gasteiger partial charge in [-0.05, 0) is 30.2 Å². The van der Waals surface area contributed by atoms with Crippen LogP contribution in [-0.2, 0) is 0 Å². The Hall–Kier alpha value is -0.780. The maximum Gasteiger partial charge on any atom is 0.289 e. The third-order valence-corrected chi connectivity index (χ3v) is 2.24. The molecule has 1 aromatic rings. The summed E-state index contributed by atoms with van der Waals surface area (Å²) in [7, 11) is 0. The third kappa shape index (κ3) is 3.10. The highest BCUT2D eigenvalue weighted by atomic mass is 35.5. The van der Waals surface area contributed by atoms with Gasteiger partial charge in [-0.3, -0.25) is 0 Å². The van der Waals surface area contributed by atoms with Crippen molar-refractivity contribution < 1.29 is 18.3 Å². The summed E-state index contributed by atoms with van der Waals surface area (Å²) in [6.45, 7) is 0.201. The highest BCUT2D eigenvalue weighted by Crippen LogP contribution is 2.30. The minimum Gasteiger partial charge on any atom is -0.390 e. The molecule has 0 aromatic heterocycles. The zero-order valence-electron chi connectivity index (χ0n) is 8.58. The SMILES string of the molecule is Cc1ccc(F)cc1[C@H](N)C(F)(F)CO.Cl. The summed E-state index contributed by atoms with van der Waals surface area (Å²) in [5, 5.41) is 8.46. The van der Waals surface area contributed by atoms with E-state index in [1.54, 1.807) is 6.92 Å². The van der Waals surface area contributed by atoms with Crippen molar-refractivity contribution in [3.05, 3.63) is 35.1 Å². The van der Waals surface area contributed by atoms with Crippen LogP contribution in [0.25, 0.3) is 0 Å². The van der Waals surface area contributed by atoms with E-state index in [0.29, 0.717) is 5.56 Å². The largest absolute Gasteiger partial charge is 0.390 e. The molecule has 92 valence electrons. The Bertz CT molecular complexity index is 360. The normalized spacial score (nSPS) is 13.1. The highest BCUT2D eigenvalue weighted by molar-refractivity contribution is 5.85. The van der Waals surface area contributed by atoms with Crippen LogP contribution in [0.5, 0.6) is 0 Å². The van der Waals surface area contributed by atoms with Crippen LogP contribution in [0.4, 0.5) is 13.2 Å². The van der Waals surface area contributed by atoms with Gasteiger partial charge in [0.1, 0.15) is 12.4 Å². The van der Waals surface area contributed by atoms with Crippen molar-refractivity contribution in [1.29, 1.82) is 0 Å². The number of benzene rings is 1. The number of nitrogens with two attached hydrogens (primary N) is 1. The van der Waals surface area contributed by atoms with Crippen molar-refractivity contribution in [1.82, 2.24) is 0 Å². The Balaban J connectivity index is 0.00000225. The van der Waals surface area contributed by atoms with Gasteiger partial charge in [0.15, 0.2) is 0 Å². The first kappa shape index (κ1) is 15.2. The van der Waals surface area contributed by atoms with Crippen molar-refractivity contribution in [2.75, 3.05) is 6.61 Å². The molecule has 0 amide bonds. The van der Waals surface area contributed by atoms with Crippen LogP contribution < -0.4 is 5.73 Å². The van der Waals surface area contributed by atoms with Gasteiger partial charge in [-0.25, -0.2) is 13.2 Å². The predicted molar refractivity (Wildman–Crippen MR) is 57.3 cm³/mol. The number of rotatable bonds is 3. The van der Waals surface area contributed by atoms with E-state index in [1.165, 1.54) is 12.1 Å². The van der Waals surface area contributed by atoms with Gasteiger partial charge < -0.3 is 10.8 Å². The van der Waals surface area contributed by atoms with Gasteiger partial charge in [0.25, 0.3) is 5.92 Å². The number of hydrogen-bond donors (Lipinski definition) is 2. The molecule has 0 fully saturated rings. The van der Waals surface area contributed by atoms with E-state index in [4.69, 9.17) is 10.8 Å². The third-order valence-electron chi connectivity index (χ3n) is 2.24. The molecule has 0 aliphatic heterocycles. The lowest BCUT2D eigenvalue weighted by Crippen LogP contribution is -2.36. The van der Waals surface area contributed by atoms with E-state index in [1.807, 2.05) is 0 Å². The fourth-order valence-electron chi connectivity index (χ4n) is 1.27. The fourth-order valence-corrected chi connectivity index (χ4v) is 1.27. The first-order chi connectivity index (χ1) is 6.88. The Morgan fingerprint density at radius 1 is 1.44 bits per heavy atom. The van der Waals surface area contributed by atoms with Crippen molar-refractivity contribution >= 4 is 12.4 Å². The molecule has 1 aromatic carbocycles. The number of aliphatic hydroxyl groups excluding tert-OH is 1. The zero-order valence-corrected chi connectivity index (χ0v) is 9.40. The lowest BCUT2D eigenvalue weighted by Gasteiger charge is -2.23. The van der Waals surface area contributed by atoms with Crippen LogP contribution in [0.2, 0.25) is 0 Å². The second-order valence-electron chi connectivity index (χ2n) is 3.40. The van der Waals surface area contributed by atoms with Gasteiger partial charge >= 0.3 is 0 Å². The molecule has 0 radical (unpaired) electrons. The maximum atomic E-state index is 13.0. The summed E-state index contributed by atoms with van der Waals surface area (Å²) in [5.74, 6) is -4.07. The van der Waals surface area contributed by atoms with E-state index in [2.05, 4.69) is 0 Å². The number of aryl methyl sites for hydroxylation is 1. The summed E-state index contributed by atoms with van der Waals surface area (Å²) in [6.07, 6.45) is 0. The average molecular weight is 256 g/mol. The van der Waals surface area contributed by atoms with E-state index < -0.39 is 24.4 Å². The number of hydrogen-bond acceptors (Lipinski definition) is 2. The molecular weight excluding hydrogens is 243 g/mol. The molecule has 0 saturated heterocycles. The molecule has 0 aliphatic carbocycles. The lowest BCUT2D eigenvalue weighted by molar-refractivity contribution is -0.0713. The number of aliphatic hydroxyl groups is 1. The lowest BCUT2D eigenvalue weighted by atomic mass is 9.97. The molecule has 3 N–H and O–H groups in total. The van der Waals surface area contributed by atoms with Gasteiger partial charge in [-0.2, -0.15) is 0 Å². The van der Waals surface area contributed by atoms with Gasteiger partial charge in [0.05, 0.1) is 6.04 Å². The van der Waals surface area contributed by atoms with Crippen LogP contribution in [0.3, 0.4) is 0 Å². The van der Waals surface area contributed by atoms with E-state index >= 15 is 0 Å². The van der Waals surface area contributed by atoms with Crippen LogP contribution in [-0.4, -0.2) is 17.6 Å². The molecule has 0 heterocycles. The van der Waals surface area contributed by atoms with E-state index in [0.717, 1.165) is 6.07 Å². The molecule has 0 bridgehead atoms. The van der Waals surface area contributed by atoms with Gasteiger partial charge in [-0.1, -0.05) is 6.07 Å². The first-order valence-electron chi connectivity index (χ1n) is 4.39. The average Bonchev–Trinajstić information content (AvgIpc) is 2.20. The zero-order chi connectivity index (χ0) is 11.6. The molecule has 0 aliphatic rings. The summed E-state index contributed by atoms with van der Waals surface area (Å²) >= 11 is 0. The van der Waals surface area contributed by atoms with Crippen LogP contribution in [0.1, 0.15) is 17.2 Å². The van der Waals surface area contributed by atoms with Gasteiger partial charge in [-0.15, -0.1) is 12.4 Å². The first-order valence-corrected chi connectivity index (χ1v) is 4.39. The Kier molecular flexibility index (Phi) is 5.25. The quantitative estimate of drug-likeness (QED) is 0.870. The van der Waals surface area contributed by atoms with Crippen LogP contribution in [0.15, 0.2) is 18.2 Å². The molecule has 0 spiro atoms. The number of alkyl halides is 2. The fraction of sp³-hybridized carbons (Fsp3) is 0.400. The van der Waals surface area contributed by atoms with Gasteiger partial charge in [0.2, 0.25) is 0 Å². The maximum absolute atomic E-state index is 13.0. The van der Waals surface area contributed by atoms with E-state index in [9.17, 15) is 13.2 Å². The highest BCUT2D eigenvalue weighted by Gasteiger charge is 2.38. The molecule has 0 saturated carbocycles. The summed E-state index contributed by atoms with van der Waals surface area (Å²) < 4.78 is 38.9. The molecule has 1 atom stereocenters. The second kappa shape index (κ2) is 5.52.